The van der Waals surface area contributed by atoms with Crippen molar-refractivity contribution in [3.05, 3.63) is 58.5 Å². The van der Waals surface area contributed by atoms with Gasteiger partial charge in [-0.25, -0.2) is 10.5 Å². The van der Waals surface area contributed by atoms with Crippen LogP contribution >= 0.6 is 22.7 Å². The number of carbonyl (C=O) groups excluding carboxylic acids is 1. The van der Waals surface area contributed by atoms with Crippen molar-refractivity contribution in [2.75, 3.05) is 18.0 Å². The number of nitrogens with one attached hydrogen (secondary N) is 1. The van der Waals surface area contributed by atoms with Gasteiger partial charge in [-0.3, -0.25) is 10.0 Å². The summed E-state index contributed by atoms with van der Waals surface area (Å²) in [6.07, 6.45) is 4.81. The minimum atomic E-state index is -0.432. The Labute approximate surface area is 183 Å². The molecule has 3 heterocycles. The Morgan fingerprint density at radius 3 is 2.97 bits per heavy atom. The minimum absolute atomic E-state index is 0.240. The number of aryl methyl sites for hydroxylation is 1. The standard InChI is InChI=1S/C23H23N3O2S2/c1-13-9-16(22(27)25-28)10-15-7-8-26(11-18(13)15)23-24-19(12-29-23)21-14(2)17-5-3-4-6-20(17)30-21/h3-6,9-10,12-13,18,28H,7-8,11H2,1-2H3,(H,25,27). The van der Waals surface area contributed by atoms with Gasteiger partial charge in [-0.15, -0.1) is 22.7 Å². The number of piperidine rings is 1. The Hall–Kier alpha value is -2.48. The fourth-order valence-electron chi connectivity index (χ4n) is 4.54. The quantitative estimate of drug-likeness (QED) is 0.438. The third kappa shape index (κ3) is 3.27. The highest BCUT2D eigenvalue weighted by Gasteiger charge is 2.32. The number of aromatic nitrogens is 1. The number of benzene rings is 1. The van der Waals surface area contributed by atoms with Crippen molar-refractivity contribution in [3.8, 4) is 10.6 Å². The molecule has 0 radical (unpaired) electrons. The van der Waals surface area contributed by atoms with Gasteiger partial charge in [-0.1, -0.05) is 42.8 Å². The maximum atomic E-state index is 11.8. The number of hydrogen-bond acceptors (Lipinski definition) is 6. The van der Waals surface area contributed by atoms with Gasteiger partial charge in [0, 0.05) is 34.7 Å². The van der Waals surface area contributed by atoms with E-state index in [2.05, 4.69) is 48.4 Å². The van der Waals surface area contributed by atoms with E-state index in [1.54, 1.807) is 16.8 Å². The molecule has 1 aliphatic heterocycles. The molecule has 5 rings (SSSR count). The van der Waals surface area contributed by atoms with Gasteiger partial charge in [0.15, 0.2) is 5.13 Å². The fraction of sp³-hybridized carbons (Fsp3) is 0.304. The number of hydroxylamine groups is 1. The molecule has 1 fully saturated rings. The van der Waals surface area contributed by atoms with Crippen LogP contribution in [0.4, 0.5) is 5.13 Å². The molecule has 5 nitrogen and oxygen atoms in total. The Balaban J connectivity index is 1.38. The number of hydrogen-bond donors (Lipinski definition) is 2. The molecule has 2 aliphatic rings. The minimum Gasteiger partial charge on any atom is -0.347 e. The third-order valence-corrected chi connectivity index (χ3v) is 8.38. The molecule has 2 N–H and O–H groups in total. The van der Waals surface area contributed by atoms with E-state index in [4.69, 9.17) is 10.2 Å². The van der Waals surface area contributed by atoms with Gasteiger partial charge in [0.05, 0.1) is 10.6 Å². The molecule has 154 valence electrons. The van der Waals surface area contributed by atoms with Crippen molar-refractivity contribution < 1.29 is 10.0 Å². The molecule has 1 aromatic carbocycles. The van der Waals surface area contributed by atoms with Gasteiger partial charge in [0.2, 0.25) is 0 Å². The number of rotatable bonds is 3. The van der Waals surface area contributed by atoms with Gasteiger partial charge in [0.25, 0.3) is 5.91 Å². The van der Waals surface area contributed by atoms with Gasteiger partial charge in [0.1, 0.15) is 0 Å². The van der Waals surface area contributed by atoms with E-state index in [-0.39, 0.29) is 5.92 Å². The molecule has 7 heteroatoms. The van der Waals surface area contributed by atoms with E-state index >= 15 is 0 Å². The molecule has 0 spiro atoms. The van der Waals surface area contributed by atoms with Gasteiger partial charge >= 0.3 is 0 Å². The zero-order valence-corrected chi connectivity index (χ0v) is 18.5. The lowest BCUT2D eigenvalue weighted by atomic mass is 9.77. The highest BCUT2D eigenvalue weighted by molar-refractivity contribution is 7.23. The summed E-state index contributed by atoms with van der Waals surface area (Å²) in [5, 5.41) is 13.5. The summed E-state index contributed by atoms with van der Waals surface area (Å²) < 4.78 is 1.30. The number of nitrogens with zero attached hydrogens (tertiary/aromatic N) is 2. The van der Waals surface area contributed by atoms with Crippen LogP contribution in [0.5, 0.6) is 0 Å². The van der Waals surface area contributed by atoms with E-state index < -0.39 is 5.91 Å². The monoisotopic (exact) mass is 437 g/mol. The smallest absolute Gasteiger partial charge is 0.274 e. The second-order valence-corrected chi connectivity index (χ2v) is 9.90. The number of carbonyl (C=O) groups is 1. The number of fused-ring (bicyclic) bond motifs is 2. The first-order chi connectivity index (χ1) is 14.5. The Kier molecular flexibility index (Phi) is 4.97. The second kappa shape index (κ2) is 7.65. The summed E-state index contributed by atoms with van der Waals surface area (Å²) in [5.41, 5.74) is 5.96. The van der Waals surface area contributed by atoms with Crippen LogP contribution in [0.1, 0.15) is 18.9 Å². The third-order valence-electron chi connectivity index (χ3n) is 6.18. The molecule has 1 aliphatic carbocycles. The number of anilines is 1. The van der Waals surface area contributed by atoms with Crippen LogP contribution in [0.3, 0.4) is 0 Å². The number of thiophene rings is 1. The van der Waals surface area contributed by atoms with Crippen molar-refractivity contribution in [2.24, 2.45) is 11.8 Å². The van der Waals surface area contributed by atoms with Crippen molar-refractivity contribution in [3.63, 3.8) is 0 Å². The van der Waals surface area contributed by atoms with E-state index in [1.165, 1.54) is 26.1 Å². The fourth-order valence-corrected chi connectivity index (χ4v) is 6.64. The molecular formula is C23H23N3O2S2. The molecule has 1 saturated heterocycles. The lowest BCUT2D eigenvalue weighted by Gasteiger charge is -2.39. The van der Waals surface area contributed by atoms with E-state index in [1.807, 2.05) is 23.5 Å². The first-order valence-electron chi connectivity index (χ1n) is 10.1. The summed E-state index contributed by atoms with van der Waals surface area (Å²) in [7, 11) is 0. The molecule has 1 amide bonds. The van der Waals surface area contributed by atoms with Crippen LogP contribution < -0.4 is 10.4 Å². The lowest BCUT2D eigenvalue weighted by Crippen LogP contribution is -2.40. The molecule has 0 bridgehead atoms. The summed E-state index contributed by atoms with van der Waals surface area (Å²) in [5.74, 6) is 0.176. The number of thiazole rings is 1. The molecule has 2 aromatic heterocycles. The Morgan fingerprint density at radius 2 is 2.17 bits per heavy atom. The van der Waals surface area contributed by atoms with Crippen LogP contribution in [-0.4, -0.2) is 29.2 Å². The van der Waals surface area contributed by atoms with Gasteiger partial charge in [-0.2, -0.15) is 0 Å². The summed E-state index contributed by atoms with van der Waals surface area (Å²) in [6.45, 7) is 6.11. The van der Waals surface area contributed by atoms with Crippen LogP contribution in [0.15, 0.2) is 52.9 Å². The SMILES string of the molecule is Cc1c(-c2csc(N3CCC4=CC(C(=O)NO)=CC(C)C4C3)n2)sc2ccccc12. The topological polar surface area (TPSA) is 65.5 Å². The first-order valence-corrected chi connectivity index (χ1v) is 11.8. The highest BCUT2D eigenvalue weighted by Crippen LogP contribution is 2.41. The maximum Gasteiger partial charge on any atom is 0.274 e. The average molecular weight is 438 g/mol. The molecule has 30 heavy (non-hydrogen) atoms. The van der Waals surface area contributed by atoms with Crippen molar-refractivity contribution in [1.82, 2.24) is 10.5 Å². The van der Waals surface area contributed by atoms with Crippen LogP contribution in [-0.2, 0) is 4.79 Å². The Bertz CT molecular complexity index is 1190. The molecular weight excluding hydrogens is 414 g/mol. The normalized spacial score (nSPS) is 21.2. The largest absolute Gasteiger partial charge is 0.347 e. The van der Waals surface area contributed by atoms with Crippen molar-refractivity contribution >= 4 is 43.8 Å². The summed E-state index contributed by atoms with van der Waals surface area (Å²) >= 11 is 3.52. The number of amides is 1. The lowest BCUT2D eigenvalue weighted by molar-refractivity contribution is -0.125. The van der Waals surface area contributed by atoms with Crippen LogP contribution in [0.25, 0.3) is 20.7 Å². The predicted molar refractivity (Wildman–Crippen MR) is 123 cm³/mol. The average Bonchev–Trinajstić information content (AvgIpc) is 3.38. The van der Waals surface area contributed by atoms with Crippen LogP contribution in [0, 0.1) is 18.8 Å². The maximum absolute atomic E-state index is 11.8. The molecule has 0 saturated carbocycles. The zero-order valence-electron chi connectivity index (χ0n) is 16.9. The highest BCUT2D eigenvalue weighted by atomic mass is 32.1. The van der Waals surface area contributed by atoms with Crippen molar-refractivity contribution in [1.29, 1.82) is 0 Å². The van der Waals surface area contributed by atoms with E-state index in [0.717, 1.165) is 30.3 Å². The second-order valence-electron chi connectivity index (χ2n) is 8.01. The summed E-state index contributed by atoms with van der Waals surface area (Å²) in [6, 6.07) is 8.53. The van der Waals surface area contributed by atoms with Gasteiger partial charge in [-0.05, 0) is 36.3 Å². The zero-order chi connectivity index (χ0) is 20.8. The van der Waals surface area contributed by atoms with E-state index in [0.29, 0.717) is 11.5 Å². The summed E-state index contributed by atoms with van der Waals surface area (Å²) in [4.78, 5) is 20.4. The first kappa shape index (κ1) is 19.5. The molecule has 2 atom stereocenters. The molecule has 3 aromatic rings. The molecule has 2 unspecified atom stereocenters. The number of allylic oxidation sites excluding steroid dienone is 1. The van der Waals surface area contributed by atoms with E-state index in [9.17, 15) is 4.79 Å². The van der Waals surface area contributed by atoms with Crippen LogP contribution in [0.2, 0.25) is 0 Å². The van der Waals surface area contributed by atoms with Gasteiger partial charge < -0.3 is 4.90 Å². The Morgan fingerprint density at radius 1 is 1.33 bits per heavy atom. The van der Waals surface area contributed by atoms with Crippen molar-refractivity contribution in [2.45, 2.75) is 20.3 Å². The predicted octanol–water partition coefficient (Wildman–Crippen LogP) is 5.17.